The molecule has 0 aromatic heterocycles. The number of ether oxygens (including phenoxy) is 1. The Morgan fingerprint density at radius 2 is 2.00 bits per heavy atom. The number of likely N-dealkylation sites (tertiary alicyclic amines) is 1. The molecular formula is C12H19NO2. The third-order valence-electron chi connectivity index (χ3n) is 3.20. The highest BCUT2D eigenvalue weighted by Crippen LogP contribution is 2.31. The lowest BCUT2D eigenvalue weighted by molar-refractivity contribution is -0.138. The average Bonchev–Trinajstić information content (AvgIpc) is 2.88. The van der Waals surface area contributed by atoms with Crippen LogP contribution in [-0.4, -0.2) is 30.6 Å². The van der Waals surface area contributed by atoms with E-state index in [1.165, 1.54) is 18.5 Å². The van der Waals surface area contributed by atoms with E-state index in [1.54, 1.807) is 0 Å². The third-order valence-corrected chi connectivity index (χ3v) is 3.20. The Labute approximate surface area is 91.1 Å². The lowest BCUT2D eigenvalue weighted by atomic mass is 10.2. The molecule has 1 aliphatic carbocycles. The van der Waals surface area contributed by atoms with Gasteiger partial charge in [-0.25, -0.2) is 4.79 Å². The largest absolute Gasteiger partial charge is 0.463 e. The molecule has 2 rings (SSSR count). The van der Waals surface area contributed by atoms with Crippen LogP contribution in [0.2, 0.25) is 0 Å². The fourth-order valence-electron chi connectivity index (χ4n) is 2.50. The van der Waals surface area contributed by atoms with E-state index in [4.69, 9.17) is 4.74 Å². The summed E-state index contributed by atoms with van der Waals surface area (Å²) >= 11 is 0. The van der Waals surface area contributed by atoms with E-state index < -0.39 is 0 Å². The second-order valence-corrected chi connectivity index (χ2v) is 4.19. The van der Waals surface area contributed by atoms with Crippen LogP contribution in [0.25, 0.3) is 0 Å². The lowest BCUT2D eigenvalue weighted by Gasteiger charge is -2.20. The zero-order chi connectivity index (χ0) is 10.7. The lowest BCUT2D eigenvalue weighted by Crippen LogP contribution is -2.20. The van der Waals surface area contributed by atoms with Gasteiger partial charge in [-0.3, -0.25) is 0 Å². The number of allylic oxidation sites excluding steroid dienone is 1. The highest BCUT2D eigenvalue weighted by Gasteiger charge is 2.26. The number of carbonyl (C=O) groups is 1. The standard InChI is InChI=1S/C12H19NO2/c1-2-15-12(14)10-6-5-7-11(10)13-8-3-4-9-13/h2-9H2,1H3. The van der Waals surface area contributed by atoms with E-state index in [0.717, 1.165) is 37.9 Å². The summed E-state index contributed by atoms with van der Waals surface area (Å²) in [6.07, 6.45) is 5.61. The first kappa shape index (κ1) is 10.5. The maximum atomic E-state index is 11.7. The van der Waals surface area contributed by atoms with Crippen molar-refractivity contribution in [3.63, 3.8) is 0 Å². The van der Waals surface area contributed by atoms with Crippen molar-refractivity contribution in [2.75, 3.05) is 19.7 Å². The number of carbonyl (C=O) groups excluding carboxylic acids is 1. The van der Waals surface area contributed by atoms with E-state index in [1.807, 2.05) is 6.92 Å². The highest BCUT2D eigenvalue weighted by atomic mass is 16.5. The Kier molecular flexibility index (Phi) is 3.29. The minimum atomic E-state index is -0.0862. The van der Waals surface area contributed by atoms with Gasteiger partial charge in [-0.05, 0) is 39.0 Å². The summed E-state index contributed by atoms with van der Waals surface area (Å²) in [4.78, 5) is 14.1. The summed E-state index contributed by atoms with van der Waals surface area (Å²) in [5.74, 6) is -0.0862. The number of hydrogen-bond donors (Lipinski definition) is 0. The maximum Gasteiger partial charge on any atom is 0.335 e. The Bertz CT molecular complexity index is 277. The molecule has 1 heterocycles. The van der Waals surface area contributed by atoms with Crippen LogP contribution < -0.4 is 0 Å². The van der Waals surface area contributed by atoms with E-state index >= 15 is 0 Å². The molecule has 2 aliphatic rings. The first-order valence-corrected chi connectivity index (χ1v) is 5.97. The molecule has 1 fully saturated rings. The SMILES string of the molecule is CCOC(=O)C1=C(N2CCCC2)CCC1. The van der Waals surface area contributed by atoms with Crippen LogP contribution in [0.15, 0.2) is 11.3 Å². The molecular weight excluding hydrogens is 190 g/mol. The van der Waals surface area contributed by atoms with Crippen molar-refractivity contribution in [1.29, 1.82) is 0 Å². The van der Waals surface area contributed by atoms with Gasteiger partial charge in [-0.2, -0.15) is 0 Å². The molecule has 0 aromatic rings. The Hall–Kier alpha value is -0.990. The average molecular weight is 209 g/mol. The first-order chi connectivity index (χ1) is 7.33. The molecule has 0 radical (unpaired) electrons. The molecule has 1 aliphatic heterocycles. The van der Waals surface area contributed by atoms with Gasteiger partial charge in [-0.1, -0.05) is 0 Å². The van der Waals surface area contributed by atoms with E-state index in [0.29, 0.717) is 6.61 Å². The molecule has 0 atom stereocenters. The summed E-state index contributed by atoms with van der Waals surface area (Å²) < 4.78 is 5.09. The summed E-state index contributed by atoms with van der Waals surface area (Å²) in [5, 5.41) is 0. The zero-order valence-corrected chi connectivity index (χ0v) is 9.42. The molecule has 84 valence electrons. The molecule has 0 bridgehead atoms. The molecule has 0 amide bonds. The number of rotatable bonds is 3. The quantitative estimate of drug-likeness (QED) is 0.666. The Morgan fingerprint density at radius 1 is 1.27 bits per heavy atom. The molecule has 0 unspecified atom stereocenters. The van der Waals surface area contributed by atoms with Crippen molar-refractivity contribution in [2.24, 2.45) is 0 Å². The highest BCUT2D eigenvalue weighted by molar-refractivity contribution is 5.89. The predicted octanol–water partition coefficient (Wildman–Crippen LogP) is 2.08. The van der Waals surface area contributed by atoms with Crippen LogP contribution in [0.5, 0.6) is 0 Å². The normalized spacial score (nSPS) is 21.3. The van der Waals surface area contributed by atoms with Gasteiger partial charge in [0.15, 0.2) is 0 Å². The maximum absolute atomic E-state index is 11.7. The summed E-state index contributed by atoms with van der Waals surface area (Å²) in [6, 6.07) is 0. The van der Waals surface area contributed by atoms with Gasteiger partial charge in [0.25, 0.3) is 0 Å². The van der Waals surface area contributed by atoms with Crippen molar-refractivity contribution in [3.8, 4) is 0 Å². The molecule has 3 nitrogen and oxygen atoms in total. The second-order valence-electron chi connectivity index (χ2n) is 4.19. The molecule has 0 N–H and O–H groups in total. The van der Waals surface area contributed by atoms with Crippen LogP contribution in [0, 0.1) is 0 Å². The zero-order valence-electron chi connectivity index (χ0n) is 9.42. The Morgan fingerprint density at radius 3 is 2.67 bits per heavy atom. The van der Waals surface area contributed by atoms with Crippen LogP contribution >= 0.6 is 0 Å². The molecule has 0 aromatic carbocycles. The smallest absolute Gasteiger partial charge is 0.335 e. The van der Waals surface area contributed by atoms with E-state index in [9.17, 15) is 4.79 Å². The van der Waals surface area contributed by atoms with Gasteiger partial charge >= 0.3 is 5.97 Å². The Balaban J connectivity index is 2.11. The fourth-order valence-corrected chi connectivity index (χ4v) is 2.50. The molecule has 1 saturated heterocycles. The minimum Gasteiger partial charge on any atom is -0.463 e. The van der Waals surface area contributed by atoms with Crippen molar-refractivity contribution < 1.29 is 9.53 Å². The first-order valence-electron chi connectivity index (χ1n) is 5.97. The number of hydrogen-bond acceptors (Lipinski definition) is 3. The molecule has 3 heteroatoms. The topological polar surface area (TPSA) is 29.5 Å². The second kappa shape index (κ2) is 4.69. The van der Waals surface area contributed by atoms with Crippen molar-refractivity contribution in [1.82, 2.24) is 4.90 Å². The van der Waals surface area contributed by atoms with Crippen LogP contribution in [0.1, 0.15) is 39.0 Å². The monoisotopic (exact) mass is 209 g/mol. The van der Waals surface area contributed by atoms with Gasteiger partial charge in [0.2, 0.25) is 0 Å². The van der Waals surface area contributed by atoms with Crippen LogP contribution in [0.4, 0.5) is 0 Å². The summed E-state index contributed by atoms with van der Waals surface area (Å²) in [7, 11) is 0. The fraction of sp³-hybridized carbons (Fsp3) is 0.750. The van der Waals surface area contributed by atoms with E-state index in [-0.39, 0.29) is 5.97 Å². The van der Waals surface area contributed by atoms with Gasteiger partial charge in [0.05, 0.1) is 12.2 Å². The van der Waals surface area contributed by atoms with Gasteiger partial charge < -0.3 is 9.64 Å². The number of esters is 1. The van der Waals surface area contributed by atoms with Crippen LogP contribution in [-0.2, 0) is 9.53 Å². The van der Waals surface area contributed by atoms with Gasteiger partial charge in [0, 0.05) is 18.8 Å². The van der Waals surface area contributed by atoms with Crippen molar-refractivity contribution >= 4 is 5.97 Å². The third kappa shape index (κ3) is 2.16. The van der Waals surface area contributed by atoms with Crippen LogP contribution in [0.3, 0.4) is 0 Å². The van der Waals surface area contributed by atoms with E-state index in [2.05, 4.69) is 4.90 Å². The van der Waals surface area contributed by atoms with Crippen molar-refractivity contribution in [3.05, 3.63) is 11.3 Å². The molecule has 0 saturated carbocycles. The summed E-state index contributed by atoms with van der Waals surface area (Å²) in [6.45, 7) is 4.59. The van der Waals surface area contributed by atoms with Crippen molar-refractivity contribution in [2.45, 2.75) is 39.0 Å². The van der Waals surface area contributed by atoms with Gasteiger partial charge in [-0.15, -0.1) is 0 Å². The number of nitrogens with zero attached hydrogens (tertiary/aromatic N) is 1. The van der Waals surface area contributed by atoms with Gasteiger partial charge in [0.1, 0.15) is 0 Å². The summed E-state index contributed by atoms with van der Waals surface area (Å²) in [5.41, 5.74) is 2.21. The molecule has 0 spiro atoms. The predicted molar refractivity (Wildman–Crippen MR) is 58.3 cm³/mol. The minimum absolute atomic E-state index is 0.0862. The molecule has 15 heavy (non-hydrogen) atoms.